The van der Waals surface area contributed by atoms with Gasteiger partial charge in [-0.3, -0.25) is 14.4 Å². The van der Waals surface area contributed by atoms with Crippen LogP contribution in [0.2, 0.25) is 0 Å². The largest absolute Gasteiger partial charge is 0.471 e. The van der Waals surface area contributed by atoms with Crippen molar-refractivity contribution < 1.29 is 37.0 Å². The lowest BCUT2D eigenvalue weighted by atomic mass is 10.1. The fourth-order valence-corrected chi connectivity index (χ4v) is 2.20. The van der Waals surface area contributed by atoms with Gasteiger partial charge in [-0.15, -0.1) is 0 Å². The average molecular weight is 369 g/mol. The van der Waals surface area contributed by atoms with E-state index in [9.17, 15) is 27.6 Å². The van der Waals surface area contributed by atoms with E-state index >= 15 is 0 Å². The summed E-state index contributed by atoms with van der Waals surface area (Å²) < 4.78 is 46.9. The van der Waals surface area contributed by atoms with Crippen LogP contribution in [0.15, 0.2) is 0 Å². The van der Waals surface area contributed by atoms with Crippen LogP contribution in [0.4, 0.5) is 13.2 Å². The second-order valence-electron chi connectivity index (χ2n) is 5.56. The van der Waals surface area contributed by atoms with Crippen molar-refractivity contribution in [3.8, 4) is 0 Å². The van der Waals surface area contributed by atoms with E-state index in [1.807, 2.05) is 0 Å². The molecule has 0 aromatic carbocycles. The molecular weight excluding hydrogens is 343 g/mol. The predicted octanol–water partition coefficient (Wildman–Crippen LogP) is 2.84. The van der Waals surface area contributed by atoms with Crippen molar-refractivity contribution in [2.24, 2.45) is 0 Å². The molecule has 0 rings (SSSR count). The van der Waals surface area contributed by atoms with E-state index < -0.39 is 12.1 Å². The zero-order valence-electron chi connectivity index (χ0n) is 14.7. The van der Waals surface area contributed by atoms with Gasteiger partial charge in [-0.25, -0.2) is 0 Å². The molecule has 0 atom stereocenters. The number of halogens is 3. The molecule has 0 aliphatic rings. The third-order valence-electron chi connectivity index (χ3n) is 3.60. The van der Waals surface area contributed by atoms with Gasteiger partial charge in [-0.2, -0.15) is 13.2 Å². The molecule has 0 aromatic heterocycles. The molecule has 9 heteroatoms. The lowest BCUT2D eigenvalue weighted by molar-refractivity contribution is -0.185. The molecule has 0 spiro atoms. The Bertz CT molecular complexity index is 400. The first-order valence-corrected chi connectivity index (χ1v) is 8.22. The van der Waals surface area contributed by atoms with Crippen molar-refractivity contribution in [3.63, 3.8) is 0 Å². The topological polar surface area (TPSA) is 72.9 Å². The van der Waals surface area contributed by atoms with Crippen molar-refractivity contribution in [2.45, 2.75) is 57.5 Å². The number of hydrogen-bond donors (Lipinski definition) is 0. The van der Waals surface area contributed by atoms with Crippen LogP contribution in [0.1, 0.15) is 51.4 Å². The number of methoxy groups -OCH3 is 2. The van der Waals surface area contributed by atoms with Gasteiger partial charge in [0.05, 0.1) is 14.2 Å². The molecular formula is C16H26F3NO5. The SMILES string of the molecule is COC(=O)CCCCCN(CCCCCC(=O)OC)C(=O)C(F)(F)F. The lowest BCUT2D eigenvalue weighted by Crippen LogP contribution is -2.42. The minimum absolute atomic E-state index is 0.0173. The summed E-state index contributed by atoms with van der Waals surface area (Å²) in [7, 11) is 2.54. The van der Waals surface area contributed by atoms with Gasteiger partial charge in [0.15, 0.2) is 0 Å². The summed E-state index contributed by atoms with van der Waals surface area (Å²) in [5.41, 5.74) is 0. The Balaban J connectivity index is 4.22. The van der Waals surface area contributed by atoms with E-state index in [0.29, 0.717) is 38.5 Å². The van der Waals surface area contributed by atoms with Crippen LogP contribution in [0, 0.1) is 0 Å². The molecule has 0 unspecified atom stereocenters. The van der Waals surface area contributed by atoms with E-state index in [0.717, 1.165) is 4.90 Å². The Morgan fingerprint density at radius 2 is 1.16 bits per heavy atom. The minimum atomic E-state index is -4.90. The molecule has 1 amide bonds. The number of esters is 2. The highest BCUT2D eigenvalue weighted by atomic mass is 19.4. The maximum Gasteiger partial charge on any atom is 0.471 e. The summed E-state index contributed by atoms with van der Waals surface area (Å²) in [4.78, 5) is 34.1. The number of alkyl halides is 3. The Hall–Kier alpha value is -1.80. The maximum atomic E-state index is 12.6. The fourth-order valence-electron chi connectivity index (χ4n) is 2.20. The average Bonchev–Trinajstić information content (AvgIpc) is 2.57. The van der Waals surface area contributed by atoms with Gasteiger partial charge in [0.1, 0.15) is 0 Å². The molecule has 0 aromatic rings. The van der Waals surface area contributed by atoms with Gasteiger partial charge in [0.2, 0.25) is 0 Å². The number of carbonyl (C=O) groups is 3. The summed E-state index contributed by atoms with van der Waals surface area (Å²) in [5, 5.41) is 0. The molecule has 0 heterocycles. The second kappa shape index (κ2) is 12.5. The van der Waals surface area contributed by atoms with Crippen LogP contribution in [0.5, 0.6) is 0 Å². The third kappa shape index (κ3) is 11.4. The standard InChI is InChI=1S/C16H26F3NO5/c1-24-13(21)9-5-3-7-11-20(15(23)16(17,18)19)12-8-4-6-10-14(22)25-2/h3-12H2,1-2H3. The molecule has 25 heavy (non-hydrogen) atoms. The molecule has 0 radical (unpaired) electrons. The predicted molar refractivity (Wildman–Crippen MR) is 83.6 cm³/mol. The Kier molecular flexibility index (Phi) is 11.6. The molecule has 0 N–H and O–H groups in total. The molecule has 6 nitrogen and oxygen atoms in total. The van der Waals surface area contributed by atoms with Gasteiger partial charge in [-0.05, 0) is 25.7 Å². The highest BCUT2D eigenvalue weighted by Crippen LogP contribution is 2.19. The first kappa shape index (κ1) is 23.2. The molecule has 0 aliphatic carbocycles. The number of rotatable bonds is 12. The Morgan fingerprint density at radius 1 is 0.760 bits per heavy atom. The van der Waals surface area contributed by atoms with Crippen LogP contribution >= 0.6 is 0 Å². The third-order valence-corrected chi connectivity index (χ3v) is 3.60. The van der Waals surface area contributed by atoms with Crippen molar-refractivity contribution in [2.75, 3.05) is 27.3 Å². The Morgan fingerprint density at radius 3 is 1.48 bits per heavy atom. The lowest BCUT2D eigenvalue weighted by Gasteiger charge is -2.23. The maximum absolute atomic E-state index is 12.6. The van der Waals surface area contributed by atoms with E-state index in [1.165, 1.54) is 14.2 Å². The van der Waals surface area contributed by atoms with Gasteiger partial charge < -0.3 is 14.4 Å². The number of ether oxygens (including phenoxy) is 2. The van der Waals surface area contributed by atoms with Crippen LogP contribution in [-0.4, -0.2) is 56.2 Å². The molecule has 0 bridgehead atoms. The summed E-state index contributed by atoms with van der Waals surface area (Å²) in [6.07, 6.45) is -1.69. The zero-order valence-corrected chi connectivity index (χ0v) is 14.7. The Labute approximate surface area is 145 Å². The van der Waals surface area contributed by atoms with Crippen LogP contribution in [0.3, 0.4) is 0 Å². The van der Waals surface area contributed by atoms with Crippen molar-refractivity contribution >= 4 is 17.8 Å². The number of carbonyl (C=O) groups excluding carboxylic acids is 3. The highest BCUT2D eigenvalue weighted by Gasteiger charge is 2.41. The van der Waals surface area contributed by atoms with Crippen LogP contribution in [-0.2, 0) is 23.9 Å². The smallest absolute Gasteiger partial charge is 0.469 e. The van der Waals surface area contributed by atoms with E-state index in [4.69, 9.17) is 0 Å². The molecule has 0 aliphatic heterocycles. The molecule has 0 fully saturated rings. The highest BCUT2D eigenvalue weighted by molar-refractivity contribution is 5.81. The second-order valence-corrected chi connectivity index (χ2v) is 5.56. The first-order chi connectivity index (χ1) is 11.7. The summed E-state index contributed by atoms with van der Waals surface area (Å²) in [6.45, 7) is -0.0347. The minimum Gasteiger partial charge on any atom is -0.469 e. The monoisotopic (exact) mass is 369 g/mol. The van der Waals surface area contributed by atoms with E-state index in [1.54, 1.807) is 0 Å². The molecule has 146 valence electrons. The normalized spacial score (nSPS) is 11.1. The van der Waals surface area contributed by atoms with Gasteiger partial charge in [-0.1, -0.05) is 12.8 Å². The number of nitrogens with zero attached hydrogens (tertiary/aromatic N) is 1. The molecule has 0 saturated carbocycles. The van der Waals surface area contributed by atoms with Crippen LogP contribution in [0.25, 0.3) is 0 Å². The number of amides is 1. The zero-order chi connectivity index (χ0) is 19.3. The van der Waals surface area contributed by atoms with Crippen molar-refractivity contribution in [1.29, 1.82) is 0 Å². The summed E-state index contributed by atoms with van der Waals surface area (Å²) >= 11 is 0. The van der Waals surface area contributed by atoms with Gasteiger partial charge in [0, 0.05) is 25.9 Å². The number of hydrogen-bond acceptors (Lipinski definition) is 5. The van der Waals surface area contributed by atoms with Crippen molar-refractivity contribution in [3.05, 3.63) is 0 Å². The van der Waals surface area contributed by atoms with Crippen molar-refractivity contribution in [1.82, 2.24) is 4.90 Å². The summed E-state index contributed by atoms with van der Waals surface area (Å²) in [6, 6.07) is 0. The first-order valence-electron chi connectivity index (χ1n) is 8.22. The summed E-state index contributed by atoms with van der Waals surface area (Å²) in [5.74, 6) is -2.59. The van der Waals surface area contributed by atoms with E-state index in [2.05, 4.69) is 9.47 Å². The van der Waals surface area contributed by atoms with Gasteiger partial charge in [0.25, 0.3) is 0 Å². The fraction of sp³-hybridized carbons (Fsp3) is 0.812. The van der Waals surface area contributed by atoms with E-state index in [-0.39, 0.29) is 37.9 Å². The van der Waals surface area contributed by atoms with Crippen LogP contribution < -0.4 is 0 Å². The number of unbranched alkanes of at least 4 members (excludes halogenated alkanes) is 4. The quantitative estimate of drug-likeness (QED) is 0.391. The molecule has 0 saturated heterocycles. The van der Waals surface area contributed by atoms with Gasteiger partial charge >= 0.3 is 24.0 Å².